The molecule has 1 unspecified atom stereocenters. The molecule has 2 nitrogen and oxygen atoms in total. The molecular formula is C31H50O2. The number of hydrogen-bond acceptors (Lipinski definition) is 2. The van der Waals surface area contributed by atoms with E-state index in [0.717, 1.165) is 24.2 Å². The minimum atomic E-state index is -0.174. The molecule has 1 aromatic carbocycles. The lowest BCUT2D eigenvalue weighted by Gasteiger charge is -2.41. The summed E-state index contributed by atoms with van der Waals surface area (Å²) in [6.07, 6.45) is 23.4. The average Bonchev–Trinajstić information content (AvgIpc) is 2.79. The zero-order chi connectivity index (χ0) is 23.3. The summed E-state index contributed by atoms with van der Waals surface area (Å²) in [5, 5.41) is 0. The van der Waals surface area contributed by atoms with Gasteiger partial charge < -0.3 is 4.74 Å². The molecule has 186 valence electrons. The van der Waals surface area contributed by atoms with Gasteiger partial charge in [0.15, 0.2) is 0 Å². The minimum absolute atomic E-state index is 0.174. The quantitative estimate of drug-likeness (QED) is 0.347. The van der Waals surface area contributed by atoms with E-state index in [2.05, 4.69) is 19.1 Å². The highest BCUT2D eigenvalue weighted by molar-refractivity contribution is 5.89. The molecule has 0 amide bonds. The SMILES string of the molecule is CCCOC(=O)c1ccc(C(CCC)C(C2CCCCCCC2)C2CCCCCCC2)cc1. The molecule has 0 saturated heterocycles. The van der Waals surface area contributed by atoms with Gasteiger partial charge in [0.1, 0.15) is 0 Å². The van der Waals surface area contributed by atoms with Crippen LogP contribution in [0.15, 0.2) is 24.3 Å². The van der Waals surface area contributed by atoms with Crippen molar-refractivity contribution in [2.75, 3.05) is 6.61 Å². The van der Waals surface area contributed by atoms with Crippen LogP contribution in [0, 0.1) is 17.8 Å². The second-order valence-corrected chi connectivity index (χ2v) is 10.9. The molecule has 0 heterocycles. The van der Waals surface area contributed by atoms with E-state index in [4.69, 9.17) is 4.74 Å². The predicted molar refractivity (Wildman–Crippen MR) is 140 cm³/mol. The average molecular weight is 455 g/mol. The van der Waals surface area contributed by atoms with Gasteiger partial charge in [0.25, 0.3) is 0 Å². The molecule has 2 aliphatic rings. The largest absolute Gasteiger partial charge is 0.462 e. The van der Waals surface area contributed by atoms with E-state index in [-0.39, 0.29) is 5.97 Å². The molecule has 2 fully saturated rings. The molecule has 2 aliphatic carbocycles. The molecule has 0 radical (unpaired) electrons. The van der Waals surface area contributed by atoms with Crippen LogP contribution in [0.3, 0.4) is 0 Å². The number of esters is 1. The molecular weight excluding hydrogens is 404 g/mol. The zero-order valence-electron chi connectivity index (χ0n) is 21.7. The van der Waals surface area contributed by atoms with Crippen LogP contribution in [0.2, 0.25) is 0 Å². The van der Waals surface area contributed by atoms with Crippen molar-refractivity contribution >= 4 is 5.97 Å². The smallest absolute Gasteiger partial charge is 0.338 e. The van der Waals surface area contributed by atoms with Gasteiger partial charge in [-0.05, 0) is 54.2 Å². The molecule has 0 aliphatic heterocycles. The van der Waals surface area contributed by atoms with Crippen molar-refractivity contribution in [2.24, 2.45) is 17.8 Å². The van der Waals surface area contributed by atoms with E-state index in [0.29, 0.717) is 18.1 Å². The normalized spacial score (nSPS) is 20.5. The van der Waals surface area contributed by atoms with Crippen LogP contribution in [0.25, 0.3) is 0 Å². The molecule has 2 saturated carbocycles. The third-order valence-electron chi connectivity index (χ3n) is 8.46. The van der Waals surface area contributed by atoms with Crippen molar-refractivity contribution in [3.05, 3.63) is 35.4 Å². The van der Waals surface area contributed by atoms with Crippen molar-refractivity contribution in [1.29, 1.82) is 0 Å². The second kappa shape index (κ2) is 14.8. The Bertz CT molecular complexity index is 626. The summed E-state index contributed by atoms with van der Waals surface area (Å²) in [6, 6.07) is 8.59. The number of hydrogen-bond donors (Lipinski definition) is 0. The van der Waals surface area contributed by atoms with Crippen LogP contribution >= 0.6 is 0 Å². The van der Waals surface area contributed by atoms with Crippen LogP contribution in [-0.4, -0.2) is 12.6 Å². The van der Waals surface area contributed by atoms with Gasteiger partial charge in [-0.3, -0.25) is 0 Å². The van der Waals surface area contributed by atoms with Gasteiger partial charge in [-0.2, -0.15) is 0 Å². The first-order valence-electron chi connectivity index (χ1n) is 14.5. The zero-order valence-corrected chi connectivity index (χ0v) is 21.7. The van der Waals surface area contributed by atoms with E-state index < -0.39 is 0 Å². The summed E-state index contributed by atoms with van der Waals surface area (Å²) in [5.41, 5.74) is 2.17. The van der Waals surface area contributed by atoms with Gasteiger partial charge in [0.2, 0.25) is 0 Å². The summed E-state index contributed by atoms with van der Waals surface area (Å²) in [4.78, 5) is 12.4. The standard InChI is InChI=1S/C31H50O2/c1-3-15-29(25-20-22-28(23-21-25)31(32)33-24-4-2)30(26-16-11-7-5-8-12-17-26)27-18-13-9-6-10-14-19-27/h20-23,26-27,29-30H,3-19,24H2,1-2H3. The number of ether oxygens (including phenoxy) is 1. The maximum atomic E-state index is 12.4. The van der Waals surface area contributed by atoms with Crippen LogP contribution in [0.4, 0.5) is 0 Å². The van der Waals surface area contributed by atoms with Gasteiger partial charge in [0, 0.05) is 0 Å². The van der Waals surface area contributed by atoms with Gasteiger partial charge in [-0.25, -0.2) is 4.79 Å². The lowest BCUT2D eigenvalue weighted by atomic mass is 9.63. The molecule has 0 aromatic heterocycles. The summed E-state index contributed by atoms with van der Waals surface area (Å²) in [5.74, 6) is 3.01. The Kier molecular flexibility index (Phi) is 11.8. The van der Waals surface area contributed by atoms with Gasteiger partial charge in [-0.15, -0.1) is 0 Å². The number of rotatable bonds is 9. The summed E-state index contributed by atoms with van der Waals surface area (Å²) in [6.45, 7) is 4.90. The van der Waals surface area contributed by atoms with Crippen LogP contribution in [0.5, 0.6) is 0 Å². The van der Waals surface area contributed by atoms with Gasteiger partial charge in [0.05, 0.1) is 12.2 Å². The molecule has 0 N–H and O–H groups in total. The van der Waals surface area contributed by atoms with Crippen LogP contribution in [-0.2, 0) is 4.74 Å². The Morgan fingerprint density at radius 2 is 1.24 bits per heavy atom. The molecule has 33 heavy (non-hydrogen) atoms. The highest BCUT2D eigenvalue weighted by Crippen LogP contribution is 2.47. The van der Waals surface area contributed by atoms with Crippen molar-refractivity contribution in [3.63, 3.8) is 0 Å². The fraction of sp³-hybridized carbons (Fsp3) is 0.774. The van der Waals surface area contributed by atoms with Crippen molar-refractivity contribution in [1.82, 2.24) is 0 Å². The maximum Gasteiger partial charge on any atom is 0.338 e. The molecule has 0 bridgehead atoms. The molecule has 0 spiro atoms. The van der Waals surface area contributed by atoms with Crippen molar-refractivity contribution in [3.8, 4) is 0 Å². The maximum absolute atomic E-state index is 12.4. The molecule has 3 rings (SSSR count). The highest BCUT2D eigenvalue weighted by atomic mass is 16.5. The predicted octanol–water partition coefficient (Wildman–Crippen LogP) is 9.47. The second-order valence-electron chi connectivity index (χ2n) is 10.9. The van der Waals surface area contributed by atoms with E-state index in [1.807, 2.05) is 19.1 Å². The fourth-order valence-electron chi connectivity index (χ4n) is 6.82. The summed E-state index contributed by atoms with van der Waals surface area (Å²) < 4.78 is 5.38. The Morgan fingerprint density at radius 3 is 1.70 bits per heavy atom. The minimum Gasteiger partial charge on any atom is -0.462 e. The first-order valence-corrected chi connectivity index (χ1v) is 14.5. The Balaban J connectivity index is 1.87. The Labute approximate surface area is 204 Å². The number of benzene rings is 1. The summed E-state index contributed by atoms with van der Waals surface area (Å²) in [7, 11) is 0. The monoisotopic (exact) mass is 454 g/mol. The molecule has 1 aromatic rings. The lowest BCUT2D eigenvalue weighted by molar-refractivity contribution is 0.0505. The van der Waals surface area contributed by atoms with Gasteiger partial charge >= 0.3 is 5.97 Å². The molecule has 1 atom stereocenters. The molecule has 2 heteroatoms. The summed E-state index contributed by atoms with van der Waals surface area (Å²) >= 11 is 0. The van der Waals surface area contributed by atoms with E-state index in [1.54, 1.807) is 0 Å². The fourth-order valence-corrected chi connectivity index (χ4v) is 6.82. The van der Waals surface area contributed by atoms with E-state index in [9.17, 15) is 4.79 Å². The lowest BCUT2D eigenvalue weighted by Crippen LogP contribution is -2.31. The Hall–Kier alpha value is -1.31. The van der Waals surface area contributed by atoms with E-state index >= 15 is 0 Å². The van der Waals surface area contributed by atoms with Gasteiger partial charge in [-0.1, -0.05) is 122 Å². The Morgan fingerprint density at radius 1 is 0.758 bits per heavy atom. The number of carbonyl (C=O) groups is 1. The van der Waals surface area contributed by atoms with Crippen molar-refractivity contribution in [2.45, 2.75) is 129 Å². The first kappa shape index (κ1) is 26.3. The third-order valence-corrected chi connectivity index (χ3v) is 8.46. The third kappa shape index (κ3) is 8.15. The topological polar surface area (TPSA) is 26.3 Å². The first-order chi connectivity index (χ1) is 16.2. The highest BCUT2D eigenvalue weighted by Gasteiger charge is 2.36. The van der Waals surface area contributed by atoms with Crippen LogP contribution in [0.1, 0.15) is 145 Å². The van der Waals surface area contributed by atoms with Crippen LogP contribution < -0.4 is 0 Å². The van der Waals surface area contributed by atoms with E-state index in [1.165, 1.54) is 108 Å². The van der Waals surface area contributed by atoms with Crippen molar-refractivity contribution < 1.29 is 9.53 Å². The number of carbonyl (C=O) groups excluding carboxylic acids is 1.